The molecule has 0 spiro atoms. The Hall–Kier alpha value is -1.78. The molecule has 0 aliphatic heterocycles. The van der Waals surface area contributed by atoms with Crippen molar-refractivity contribution in [1.82, 2.24) is 19.3 Å². The number of aryl methyl sites for hydroxylation is 2. The van der Waals surface area contributed by atoms with Crippen molar-refractivity contribution in [2.75, 3.05) is 5.73 Å². The van der Waals surface area contributed by atoms with Gasteiger partial charge in [0.05, 0.1) is 5.69 Å². The highest BCUT2D eigenvalue weighted by atomic mass is 15.3. The minimum atomic E-state index is -0.0305. The second-order valence-electron chi connectivity index (χ2n) is 5.78. The Morgan fingerprint density at radius 2 is 1.83 bits per heavy atom. The average molecular weight is 247 g/mol. The summed E-state index contributed by atoms with van der Waals surface area (Å²) >= 11 is 0. The van der Waals surface area contributed by atoms with E-state index in [0.29, 0.717) is 5.82 Å². The van der Waals surface area contributed by atoms with Crippen LogP contribution in [0.15, 0.2) is 6.20 Å². The zero-order chi connectivity index (χ0) is 13.7. The summed E-state index contributed by atoms with van der Waals surface area (Å²) in [7, 11) is 3.86. The molecule has 0 amide bonds. The highest BCUT2D eigenvalue weighted by Gasteiger charge is 2.24. The first-order valence-electron chi connectivity index (χ1n) is 6.05. The summed E-state index contributed by atoms with van der Waals surface area (Å²) in [6, 6.07) is 0. The lowest BCUT2D eigenvalue weighted by atomic mass is 9.96. The number of hydrogen-bond donors (Lipinski definition) is 1. The number of nitrogen functional groups attached to an aromatic ring is 1. The molecule has 0 aromatic carbocycles. The molecular weight excluding hydrogens is 226 g/mol. The second kappa shape index (κ2) is 3.86. The summed E-state index contributed by atoms with van der Waals surface area (Å²) in [5.74, 6) is 1.68. The lowest BCUT2D eigenvalue weighted by molar-refractivity contribution is 0.524. The summed E-state index contributed by atoms with van der Waals surface area (Å²) < 4.78 is 3.75. The number of nitrogens with two attached hydrogens (primary N) is 1. The summed E-state index contributed by atoms with van der Waals surface area (Å²) in [6.07, 6.45) is 1.96. The number of rotatable bonds is 1. The van der Waals surface area contributed by atoms with Gasteiger partial charge in [-0.3, -0.25) is 4.68 Å². The van der Waals surface area contributed by atoms with E-state index in [1.54, 1.807) is 4.68 Å². The highest BCUT2D eigenvalue weighted by molar-refractivity contribution is 5.72. The van der Waals surface area contributed by atoms with Gasteiger partial charge in [0.2, 0.25) is 0 Å². The van der Waals surface area contributed by atoms with Crippen LogP contribution in [-0.4, -0.2) is 19.3 Å². The summed E-state index contributed by atoms with van der Waals surface area (Å²) in [5, 5.41) is 4.34. The van der Waals surface area contributed by atoms with Crippen molar-refractivity contribution in [2.45, 2.75) is 33.1 Å². The maximum atomic E-state index is 6.17. The molecule has 0 radical (unpaired) electrons. The topological polar surface area (TPSA) is 61.7 Å². The van der Waals surface area contributed by atoms with Crippen molar-refractivity contribution < 1.29 is 0 Å². The van der Waals surface area contributed by atoms with Crippen molar-refractivity contribution in [3.63, 3.8) is 0 Å². The minimum absolute atomic E-state index is 0.0305. The van der Waals surface area contributed by atoms with E-state index in [1.165, 1.54) is 0 Å². The Bertz CT molecular complexity index is 583. The Balaban J connectivity index is 2.64. The third-order valence-corrected chi connectivity index (χ3v) is 3.08. The molecule has 0 saturated carbocycles. The molecule has 18 heavy (non-hydrogen) atoms. The lowest BCUT2D eigenvalue weighted by Crippen LogP contribution is -2.17. The fourth-order valence-corrected chi connectivity index (χ4v) is 2.21. The normalized spacial score (nSPS) is 12.1. The van der Waals surface area contributed by atoms with Crippen LogP contribution in [0.25, 0.3) is 11.3 Å². The molecule has 0 saturated heterocycles. The highest BCUT2D eigenvalue weighted by Crippen LogP contribution is 2.32. The summed E-state index contributed by atoms with van der Waals surface area (Å²) in [4.78, 5) is 4.71. The number of aromatic nitrogens is 4. The number of hydrogen-bond acceptors (Lipinski definition) is 3. The molecule has 0 aliphatic rings. The Labute approximate surface area is 108 Å². The lowest BCUT2D eigenvalue weighted by Gasteiger charge is -2.17. The fourth-order valence-electron chi connectivity index (χ4n) is 2.21. The molecule has 5 nitrogen and oxygen atoms in total. The predicted molar refractivity (Wildman–Crippen MR) is 73.3 cm³/mol. The van der Waals surface area contributed by atoms with Crippen LogP contribution in [0.5, 0.6) is 0 Å². The second-order valence-corrected chi connectivity index (χ2v) is 5.78. The van der Waals surface area contributed by atoms with Crippen LogP contribution in [0.3, 0.4) is 0 Å². The van der Waals surface area contributed by atoms with E-state index in [0.717, 1.165) is 22.8 Å². The van der Waals surface area contributed by atoms with Crippen molar-refractivity contribution in [3.8, 4) is 11.3 Å². The smallest absolute Gasteiger partial charge is 0.131 e. The molecule has 0 fully saturated rings. The van der Waals surface area contributed by atoms with E-state index < -0.39 is 0 Å². The van der Waals surface area contributed by atoms with Gasteiger partial charge in [-0.1, -0.05) is 20.8 Å². The van der Waals surface area contributed by atoms with Crippen LogP contribution in [-0.2, 0) is 19.5 Å². The zero-order valence-electron chi connectivity index (χ0n) is 11.9. The van der Waals surface area contributed by atoms with Gasteiger partial charge in [0.25, 0.3) is 0 Å². The van der Waals surface area contributed by atoms with E-state index in [4.69, 9.17) is 10.7 Å². The molecule has 98 valence electrons. The number of anilines is 1. The first kappa shape index (κ1) is 12.7. The minimum Gasteiger partial charge on any atom is -0.383 e. The first-order chi connectivity index (χ1) is 8.21. The van der Waals surface area contributed by atoms with Crippen molar-refractivity contribution in [2.24, 2.45) is 14.1 Å². The Morgan fingerprint density at radius 1 is 1.22 bits per heavy atom. The van der Waals surface area contributed by atoms with Crippen LogP contribution in [0.2, 0.25) is 0 Å². The van der Waals surface area contributed by atoms with Gasteiger partial charge >= 0.3 is 0 Å². The largest absolute Gasteiger partial charge is 0.383 e. The molecule has 2 rings (SSSR count). The van der Waals surface area contributed by atoms with Gasteiger partial charge in [-0.15, -0.1) is 0 Å². The van der Waals surface area contributed by atoms with Gasteiger partial charge in [0.1, 0.15) is 17.3 Å². The van der Waals surface area contributed by atoms with Gasteiger partial charge in [-0.05, 0) is 6.92 Å². The van der Waals surface area contributed by atoms with Gasteiger partial charge in [0, 0.05) is 31.3 Å². The van der Waals surface area contributed by atoms with E-state index in [9.17, 15) is 0 Å². The van der Waals surface area contributed by atoms with Crippen molar-refractivity contribution in [1.29, 1.82) is 0 Å². The molecule has 0 unspecified atom stereocenters. The van der Waals surface area contributed by atoms with Crippen molar-refractivity contribution in [3.05, 3.63) is 17.7 Å². The summed E-state index contributed by atoms with van der Waals surface area (Å²) in [6.45, 7) is 8.37. The fraction of sp³-hybridized carbons (Fsp3) is 0.538. The molecule has 2 N–H and O–H groups in total. The molecule has 0 bridgehead atoms. The zero-order valence-corrected chi connectivity index (χ0v) is 11.9. The van der Waals surface area contributed by atoms with E-state index in [2.05, 4.69) is 25.9 Å². The quantitative estimate of drug-likeness (QED) is 0.838. The average Bonchev–Trinajstić information content (AvgIpc) is 2.69. The Morgan fingerprint density at radius 3 is 2.22 bits per heavy atom. The molecular formula is C13H21N5. The van der Waals surface area contributed by atoms with Gasteiger partial charge in [-0.25, -0.2) is 4.98 Å². The van der Waals surface area contributed by atoms with E-state index in [1.807, 2.05) is 31.8 Å². The molecule has 2 aromatic heterocycles. The van der Waals surface area contributed by atoms with Crippen LogP contribution < -0.4 is 5.73 Å². The van der Waals surface area contributed by atoms with Gasteiger partial charge in [-0.2, -0.15) is 5.10 Å². The van der Waals surface area contributed by atoms with E-state index in [-0.39, 0.29) is 5.41 Å². The summed E-state index contributed by atoms with van der Waals surface area (Å²) in [5.41, 5.74) is 8.92. The maximum absolute atomic E-state index is 6.17. The third-order valence-electron chi connectivity index (χ3n) is 3.08. The van der Waals surface area contributed by atoms with Crippen LogP contribution in [0.1, 0.15) is 32.3 Å². The predicted octanol–water partition coefficient (Wildman–Crippen LogP) is 2.01. The third kappa shape index (κ3) is 1.89. The monoisotopic (exact) mass is 247 g/mol. The molecule has 5 heteroatoms. The van der Waals surface area contributed by atoms with E-state index >= 15 is 0 Å². The number of imidazole rings is 1. The van der Waals surface area contributed by atoms with Gasteiger partial charge in [0.15, 0.2) is 0 Å². The van der Waals surface area contributed by atoms with Crippen molar-refractivity contribution >= 4 is 5.82 Å². The molecule has 0 atom stereocenters. The van der Waals surface area contributed by atoms with Gasteiger partial charge < -0.3 is 10.3 Å². The molecule has 0 aliphatic carbocycles. The van der Waals surface area contributed by atoms with Crippen LogP contribution in [0.4, 0.5) is 5.82 Å². The standard InChI is InChI=1S/C13H21N5/c1-8-9(7-17(5)16-8)10-11(14)18(6)12(15-10)13(2,3)4/h7H,14H2,1-6H3. The molecule has 2 aromatic rings. The SMILES string of the molecule is Cc1nn(C)cc1-c1nc(C(C)(C)C)n(C)c1N. The maximum Gasteiger partial charge on any atom is 0.131 e. The first-order valence-corrected chi connectivity index (χ1v) is 6.05. The van der Waals surface area contributed by atoms with Crippen LogP contribution in [0, 0.1) is 6.92 Å². The Kier molecular flexibility index (Phi) is 2.72. The van der Waals surface area contributed by atoms with Crippen LogP contribution >= 0.6 is 0 Å². The number of nitrogens with zero attached hydrogens (tertiary/aromatic N) is 4. The molecule has 2 heterocycles.